The maximum absolute atomic E-state index is 12.8. The first-order valence-corrected chi connectivity index (χ1v) is 9.50. The molecule has 0 spiro atoms. The molecule has 154 valence electrons. The molecule has 0 bridgehead atoms. The molecule has 0 aromatic carbocycles. The summed E-state index contributed by atoms with van der Waals surface area (Å²) in [5.74, 6) is 0.789. The molecule has 9 heteroatoms. The van der Waals surface area contributed by atoms with Crippen LogP contribution in [0.5, 0.6) is 0 Å². The van der Waals surface area contributed by atoms with Gasteiger partial charge in [0.2, 0.25) is 0 Å². The Morgan fingerprint density at radius 2 is 1.96 bits per heavy atom. The molecule has 1 unspecified atom stereocenters. The zero-order chi connectivity index (χ0) is 20.0. The third-order valence-corrected chi connectivity index (χ3v) is 4.55. The number of aromatic nitrogens is 1. The van der Waals surface area contributed by atoms with Gasteiger partial charge in [-0.25, -0.2) is 4.98 Å². The van der Waals surface area contributed by atoms with Crippen LogP contribution in [0.15, 0.2) is 12.3 Å². The van der Waals surface area contributed by atoms with E-state index in [1.807, 2.05) is 4.90 Å². The summed E-state index contributed by atoms with van der Waals surface area (Å²) in [5.41, 5.74) is -0.850. The molecule has 0 amide bonds. The van der Waals surface area contributed by atoms with Crippen LogP contribution in [0.1, 0.15) is 25.8 Å². The highest BCUT2D eigenvalue weighted by Gasteiger charge is 2.32. The number of halogens is 4. The van der Waals surface area contributed by atoms with Gasteiger partial charge in [0.05, 0.1) is 23.3 Å². The van der Waals surface area contributed by atoms with E-state index < -0.39 is 17.8 Å². The number of aliphatic hydroxyl groups excluding tert-OH is 1. The molecule has 1 saturated heterocycles. The maximum Gasteiger partial charge on any atom is 0.417 e. The fraction of sp³-hybridized carbons (Fsp3) is 0.722. The lowest BCUT2D eigenvalue weighted by molar-refractivity contribution is -0.137. The first-order chi connectivity index (χ1) is 12.7. The third-order valence-electron chi connectivity index (χ3n) is 4.27. The summed E-state index contributed by atoms with van der Waals surface area (Å²) < 4.78 is 43.7. The Morgan fingerprint density at radius 3 is 2.59 bits per heavy atom. The Morgan fingerprint density at radius 1 is 1.22 bits per heavy atom. The fourth-order valence-corrected chi connectivity index (χ4v) is 3.26. The summed E-state index contributed by atoms with van der Waals surface area (Å²) in [6, 6.07) is 0.919. The molecule has 1 aromatic rings. The van der Waals surface area contributed by atoms with Gasteiger partial charge in [-0.2, -0.15) is 13.2 Å². The Bertz CT molecular complexity index is 602. The Hall–Kier alpha value is -1.09. The van der Waals surface area contributed by atoms with E-state index >= 15 is 0 Å². The molecule has 1 N–H and O–H groups in total. The quantitative estimate of drug-likeness (QED) is 0.748. The van der Waals surface area contributed by atoms with E-state index in [2.05, 4.69) is 23.7 Å². The van der Waals surface area contributed by atoms with Gasteiger partial charge in [0.1, 0.15) is 5.82 Å². The number of rotatable bonds is 7. The summed E-state index contributed by atoms with van der Waals surface area (Å²) in [6.07, 6.45) is -3.40. The van der Waals surface area contributed by atoms with Gasteiger partial charge in [0, 0.05) is 39.0 Å². The van der Waals surface area contributed by atoms with Crippen molar-refractivity contribution in [3.8, 4) is 0 Å². The largest absolute Gasteiger partial charge is 0.417 e. The molecule has 2 rings (SSSR count). The molecular formula is C18H27ClF3N3O2. The summed E-state index contributed by atoms with van der Waals surface area (Å²) in [7, 11) is 0. The van der Waals surface area contributed by atoms with E-state index in [4.69, 9.17) is 16.3 Å². The van der Waals surface area contributed by atoms with Gasteiger partial charge in [-0.1, -0.05) is 25.4 Å². The lowest BCUT2D eigenvalue weighted by atomic mass is 10.2. The van der Waals surface area contributed by atoms with Crippen LogP contribution < -0.4 is 4.90 Å². The number of pyridine rings is 1. The smallest absolute Gasteiger partial charge is 0.389 e. The second-order valence-electron chi connectivity index (χ2n) is 7.25. The van der Waals surface area contributed by atoms with Gasteiger partial charge in [-0.3, -0.25) is 4.90 Å². The highest BCUT2D eigenvalue weighted by molar-refractivity contribution is 6.33. The molecule has 1 fully saturated rings. The molecule has 5 nitrogen and oxygen atoms in total. The van der Waals surface area contributed by atoms with Crippen molar-refractivity contribution in [3.63, 3.8) is 0 Å². The number of hydrogen-bond acceptors (Lipinski definition) is 5. The van der Waals surface area contributed by atoms with Crippen molar-refractivity contribution < 1.29 is 23.0 Å². The molecule has 2 heterocycles. The summed E-state index contributed by atoms with van der Waals surface area (Å²) in [5, 5.41) is 10.1. The standard InChI is InChI=1S/C18H27ClF3N3O2/c1-13(2)11-27-12-15(26)10-24-4-3-5-25(7-6-24)17-16(19)8-14(9-23-17)18(20,21)22/h8-9,13,15,26H,3-7,10-12H2,1-2H3. The first kappa shape index (κ1) is 22.2. The molecule has 1 aliphatic rings. The van der Waals surface area contributed by atoms with Crippen LogP contribution in [0.4, 0.5) is 19.0 Å². The lowest BCUT2D eigenvalue weighted by Crippen LogP contribution is -2.38. The number of hydrogen-bond donors (Lipinski definition) is 1. The minimum Gasteiger partial charge on any atom is -0.389 e. The number of ether oxygens (including phenoxy) is 1. The summed E-state index contributed by atoms with van der Waals surface area (Å²) in [4.78, 5) is 7.96. The number of nitrogens with zero attached hydrogens (tertiary/aromatic N) is 3. The third kappa shape index (κ3) is 7.10. The van der Waals surface area contributed by atoms with E-state index in [9.17, 15) is 18.3 Å². The predicted molar refractivity (Wildman–Crippen MR) is 99.2 cm³/mol. The molecule has 0 saturated carbocycles. The van der Waals surface area contributed by atoms with Crippen molar-refractivity contribution >= 4 is 17.4 Å². The van der Waals surface area contributed by atoms with E-state index in [1.54, 1.807) is 0 Å². The summed E-state index contributed by atoms with van der Waals surface area (Å²) >= 11 is 6.05. The fourth-order valence-electron chi connectivity index (χ4n) is 2.97. The van der Waals surface area contributed by atoms with Crippen molar-refractivity contribution in [1.82, 2.24) is 9.88 Å². The molecule has 27 heavy (non-hydrogen) atoms. The Labute approximate surface area is 163 Å². The molecule has 1 aromatic heterocycles. The van der Waals surface area contributed by atoms with Crippen molar-refractivity contribution in [1.29, 1.82) is 0 Å². The van der Waals surface area contributed by atoms with Crippen molar-refractivity contribution in [2.24, 2.45) is 5.92 Å². The van der Waals surface area contributed by atoms with Crippen LogP contribution in [-0.4, -0.2) is 67.0 Å². The first-order valence-electron chi connectivity index (χ1n) is 9.12. The van der Waals surface area contributed by atoms with Gasteiger partial charge in [0.25, 0.3) is 0 Å². The van der Waals surface area contributed by atoms with Gasteiger partial charge >= 0.3 is 6.18 Å². The second-order valence-corrected chi connectivity index (χ2v) is 7.66. The monoisotopic (exact) mass is 409 g/mol. The molecule has 1 atom stereocenters. The van der Waals surface area contributed by atoms with E-state index in [1.165, 1.54) is 0 Å². The van der Waals surface area contributed by atoms with Crippen LogP contribution in [0.25, 0.3) is 0 Å². The Kier molecular flexibility index (Phi) is 8.15. The summed E-state index contributed by atoms with van der Waals surface area (Å²) in [6.45, 7) is 8.20. The molecule has 0 radical (unpaired) electrons. The molecule has 0 aliphatic carbocycles. The zero-order valence-electron chi connectivity index (χ0n) is 15.7. The van der Waals surface area contributed by atoms with E-state index in [0.29, 0.717) is 51.1 Å². The van der Waals surface area contributed by atoms with Crippen LogP contribution >= 0.6 is 11.6 Å². The van der Waals surface area contributed by atoms with Crippen molar-refractivity contribution in [2.75, 3.05) is 50.8 Å². The maximum atomic E-state index is 12.8. The van der Waals surface area contributed by atoms with Crippen LogP contribution in [-0.2, 0) is 10.9 Å². The zero-order valence-corrected chi connectivity index (χ0v) is 16.4. The minimum atomic E-state index is -4.46. The number of anilines is 1. The Balaban J connectivity index is 1.89. The van der Waals surface area contributed by atoms with Crippen molar-refractivity contribution in [2.45, 2.75) is 32.5 Å². The van der Waals surface area contributed by atoms with Crippen molar-refractivity contribution in [3.05, 3.63) is 22.8 Å². The predicted octanol–water partition coefficient (Wildman–Crippen LogP) is 3.30. The number of alkyl halides is 3. The normalized spacial score (nSPS) is 18.0. The average molecular weight is 410 g/mol. The van der Waals surface area contributed by atoms with Gasteiger partial charge in [-0.05, 0) is 24.9 Å². The van der Waals surface area contributed by atoms with Gasteiger partial charge in [-0.15, -0.1) is 0 Å². The van der Waals surface area contributed by atoms with E-state index in [0.717, 1.165) is 25.2 Å². The molecular weight excluding hydrogens is 383 g/mol. The topological polar surface area (TPSA) is 48.8 Å². The van der Waals surface area contributed by atoms with Gasteiger partial charge < -0.3 is 14.7 Å². The van der Waals surface area contributed by atoms with E-state index in [-0.39, 0.29) is 5.02 Å². The molecule has 1 aliphatic heterocycles. The number of β-amino-alcohol motifs (C(OH)–C–C–N with tert-alkyl or cyclic N) is 1. The van der Waals surface area contributed by atoms with Gasteiger partial charge in [0.15, 0.2) is 0 Å². The lowest BCUT2D eigenvalue weighted by Gasteiger charge is -2.25. The SMILES string of the molecule is CC(C)COCC(O)CN1CCCN(c2ncc(C(F)(F)F)cc2Cl)CC1. The highest BCUT2D eigenvalue weighted by Crippen LogP contribution is 2.33. The highest BCUT2D eigenvalue weighted by atomic mass is 35.5. The second kappa shape index (κ2) is 9.91. The van der Waals surface area contributed by atoms with Crippen LogP contribution in [0, 0.1) is 5.92 Å². The average Bonchev–Trinajstić information content (AvgIpc) is 2.79. The number of aliphatic hydroxyl groups is 1. The minimum absolute atomic E-state index is 0.000366. The van der Waals surface area contributed by atoms with Crippen LogP contribution in [0.3, 0.4) is 0 Å². The van der Waals surface area contributed by atoms with Crippen LogP contribution in [0.2, 0.25) is 5.02 Å².